The van der Waals surface area contributed by atoms with E-state index in [1.807, 2.05) is 6.92 Å². The molecule has 9 heteroatoms. The van der Waals surface area contributed by atoms with Crippen LogP contribution in [-0.4, -0.2) is 25.8 Å². The first-order chi connectivity index (χ1) is 14.5. The van der Waals surface area contributed by atoms with Crippen molar-refractivity contribution in [2.45, 2.75) is 13.0 Å². The average Bonchev–Trinajstić information content (AvgIpc) is 3.16. The van der Waals surface area contributed by atoms with Gasteiger partial charge in [0.05, 0.1) is 24.5 Å². The van der Waals surface area contributed by atoms with Gasteiger partial charge in [-0.15, -0.1) is 0 Å². The van der Waals surface area contributed by atoms with Crippen LogP contribution in [0.1, 0.15) is 28.9 Å². The summed E-state index contributed by atoms with van der Waals surface area (Å²) in [4.78, 5) is 30.4. The van der Waals surface area contributed by atoms with Crippen LogP contribution >= 0.6 is 0 Å². The molecule has 4 N–H and O–H groups in total. The van der Waals surface area contributed by atoms with E-state index < -0.39 is 11.7 Å². The van der Waals surface area contributed by atoms with Gasteiger partial charge in [-0.05, 0) is 30.7 Å². The molecule has 0 unspecified atom stereocenters. The minimum Gasteiger partial charge on any atom is -0.366 e. The number of amides is 1. The molecule has 1 atom stereocenters. The van der Waals surface area contributed by atoms with Crippen molar-refractivity contribution in [3.05, 3.63) is 77.3 Å². The minimum absolute atomic E-state index is 0.180. The van der Waals surface area contributed by atoms with Gasteiger partial charge in [0.15, 0.2) is 0 Å². The number of aromatic nitrogens is 4. The van der Waals surface area contributed by atoms with Gasteiger partial charge in [-0.1, -0.05) is 12.1 Å². The Bertz CT molecular complexity index is 1290. The van der Waals surface area contributed by atoms with Gasteiger partial charge in [0.1, 0.15) is 11.5 Å². The van der Waals surface area contributed by atoms with E-state index in [9.17, 15) is 9.18 Å². The molecular formula is C21H16FN7O. The Labute approximate surface area is 170 Å². The number of rotatable bonds is 5. The zero-order valence-electron chi connectivity index (χ0n) is 15.8. The maximum Gasteiger partial charge on any atom is 0.248 e. The van der Waals surface area contributed by atoms with Gasteiger partial charge in [0, 0.05) is 28.9 Å². The molecule has 0 aliphatic carbocycles. The van der Waals surface area contributed by atoms with Crippen LogP contribution in [0.15, 0.2) is 48.9 Å². The molecule has 4 rings (SSSR count). The summed E-state index contributed by atoms with van der Waals surface area (Å²) in [5, 5.41) is 3.71. The van der Waals surface area contributed by atoms with E-state index in [2.05, 4.69) is 30.1 Å². The molecule has 3 heterocycles. The van der Waals surface area contributed by atoms with E-state index in [-0.39, 0.29) is 11.7 Å². The van der Waals surface area contributed by atoms with Crippen LogP contribution in [0.4, 0.5) is 16.0 Å². The molecule has 0 aliphatic heterocycles. The molecule has 0 fully saturated rings. The molecule has 148 valence electrons. The van der Waals surface area contributed by atoms with E-state index in [4.69, 9.17) is 12.3 Å². The fourth-order valence-electron chi connectivity index (χ4n) is 3.11. The lowest BCUT2D eigenvalue weighted by Crippen LogP contribution is -2.12. The number of hydrogen-bond donors (Lipinski definition) is 3. The molecule has 0 spiro atoms. The van der Waals surface area contributed by atoms with Crippen molar-refractivity contribution in [2.75, 3.05) is 5.32 Å². The summed E-state index contributed by atoms with van der Waals surface area (Å²) in [5.74, 6) is -0.662. The van der Waals surface area contributed by atoms with Crippen LogP contribution in [0.5, 0.6) is 0 Å². The van der Waals surface area contributed by atoms with Gasteiger partial charge in [-0.2, -0.15) is 0 Å². The Morgan fingerprint density at radius 1 is 1.27 bits per heavy atom. The normalized spacial score (nSPS) is 11.8. The standard InChI is InChI=1S/C21H16FN7O/c1-11(12-3-5-13(6-4-12)19(23)30)28-21-27-10-17(24-2)18(29-21)16-9-26-20-15(16)7-14(22)8-25-20/h3-11H,1H3,(H2,23,30)(H,25,26)(H,27,28,29)/t11-/m1/s1. The summed E-state index contributed by atoms with van der Waals surface area (Å²) >= 11 is 0. The number of benzene rings is 1. The zero-order chi connectivity index (χ0) is 21.3. The highest BCUT2D eigenvalue weighted by Crippen LogP contribution is 2.34. The van der Waals surface area contributed by atoms with Crippen LogP contribution in [-0.2, 0) is 0 Å². The highest BCUT2D eigenvalue weighted by Gasteiger charge is 2.16. The molecule has 30 heavy (non-hydrogen) atoms. The minimum atomic E-state index is -0.491. The van der Waals surface area contributed by atoms with Crippen LogP contribution in [0.3, 0.4) is 0 Å². The number of aromatic amines is 1. The summed E-state index contributed by atoms with van der Waals surface area (Å²) in [5.41, 5.74) is 8.27. The molecule has 8 nitrogen and oxygen atoms in total. The number of pyridine rings is 1. The van der Waals surface area contributed by atoms with Crippen LogP contribution < -0.4 is 11.1 Å². The first kappa shape index (κ1) is 19.0. The van der Waals surface area contributed by atoms with E-state index in [0.717, 1.165) is 11.8 Å². The number of hydrogen-bond acceptors (Lipinski definition) is 5. The van der Waals surface area contributed by atoms with Gasteiger partial charge in [0.25, 0.3) is 0 Å². The molecule has 1 amide bonds. The Morgan fingerprint density at radius 3 is 2.73 bits per heavy atom. The van der Waals surface area contributed by atoms with Crippen molar-refractivity contribution in [3.63, 3.8) is 0 Å². The third kappa shape index (κ3) is 3.54. The smallest absolute Gasteiger partial charge is 0.248 e. The van der Waals surface area contributed by atoms with Crippen molar-refractivity contribution in [2.24, 2.45) is 5.73 Å². The Morgan fingerprint density at radius 2 is 2.03 bits per heavy atom. The second kappa shape index (κ2) is 7.60. The highest BCUT2D eigenvalue weighted by atomic mass is 19.1. The van der Waals surface area contributed by atoms with Crippen molar-refractivity contribution < 1.29 is 9.18 Å². The zero-order valence-corrected chi connectivity index (χ0v) is 15.8. The number of halogens is 1. The van der Waals surface area contributed by atoms with Crippen LogP contribution in [0, 0.1) is 12.4 Å². The number of anilines is 1. The number of nitrogens with two attached hydrogens (primary N) is 1. The molecule has 4 aromatic rings. The molecule has 3 aromatic heterocycles. The number of carbonyl (C=O) groups is 1. The molecule has 0 saturated carbocycles. The lowest BCUT2D eigenvalue weighted by Gasteiger charge is -2.15. The third-order valence-corrected chi connectivity index (χ3v) is 4.68. The second-order valence-corrected chi connectivity index (χ2v) is 6.64. The molecule has 1 aromatic carbocycles. The van der Waals surface area contributed by atoms with Crippen molar-refractivity contribution >= 4 is 28.6 Å². The number of primary amides is 1. The predicted molar refractivity (Wildman–Crippen MR) is 110 cm³/mol. The third-order valence-electron chi connectivity index (χ3n) is 4.68. The maximum atomic E-state index is 13.7. The highest BCUT2D eigenvalue weighted by molar-refractivity contribution is 5.96. The van der Waals surface area contributed by atoms with E-state index in [1.165, 1.54) is 12.3 Å². The van der Waals surface area contributed by atoms with E-state index in [0.29, 0.717) is 33.8 Å². The summed E-state index contributed by atoms with van der Waals surface area (Å²) in [6, 6.07) is 8.05. The Kier molecular flexibility index (Phi) is 4.82. The largest absolute Gasteiger partial charge is 0.366 e. The molecule has 0 bridgehead atoms. The average molecular weight is 401 g/mol. The Hall–Kier alpha value is -4.32. The predicted octanol–water partition coefficient (Wildman–Crippen LogP) is 3.98. The summed E-state index contributed by atoms with van der Waals surface area (Å²) < 4.78 is 13.7. The van der Waals surface area contributed by atoms with Gasteiger partial charge in [-0.3, -0.25) is 4.79 Å². The fraction of sp³-hybridized carbons (Fsp3) is 0.0952. The van der Waals surface area contributed by atoms with Crippen molar-refractivity contribution in [1.29, 1.82) is 0 Å². The van der Waals surface area contributed by atoms with Crippen LogP contribution in [0.25, 0.3) is 27.1 Å². The van der Waals surface area contributed by atoms with Crippen molar-refractivity contribution in [1.82, 2.24) is 19.9 Å². The first-order valence-corrected chi connectivity index (χ1v) is 9.00. The monoisotopic (exact) mass is 401 g/mol. The summed E-state index contributed by atoms with van der Waals surface area (Å²) in [7, 11) is 0. The first-order valence-electron chi connectivity index (χ1n) is 9.00. The number of carbonyl (C=O) groups excluding carboxylic acids is 1. The molecule has 0 aliphatic rings. The van der Waals surface area contributed by atoms with Gasteiger partial charge >= 0.3 is 0 Å². The second-order valence-electron chi connectivity index (χ2n) is 6.64. The van der Waals surface area contributed by atoms with E-state index >= 15 is 0 Å². The Balaban J connectivity index is 1.68. The quantitative estimate of drug-likeness (QED) is 0.438. The molecule has 0 saturated heterocycles. The van der Waals surface area contributed by atoms with Gasteiger partial charge in [0.2, 0.25) is 17.5 Å². The fourth-order valence-corrected chi connectivity index (χ4v) is 3.11. The summed E-state index contributed by atoms with van der Waals surface area (Å²) in [6.07, 6.45) is 4.19. The summed E-state index contributed by atoms with van der Waals surface area (Å²) in [6.45, 7) is 9.34. The van der Waals surface area contributed by atoms with E-state index in [1.54, 1.807) is 30.5 Å². The van der Waals surface area contributed by atoms with Gasteiger partial charge < -0.3 is 16.0 Å². The number of nitrogens with one attached hydrogen (secondary N) is 2. The topological polar surface area (TPSA) is 114 Å². The maximum absolute atomic E-state index is 13.7. The molecular weight excluding hydrogens is 385 g/mol. The van der Waals surface area contributed by atoms with Crippen LogP contribution in [0.2, 0.25) is 0 Å². The lowest BCUT2D eigenvalue weighted by atomic mass is 10.1. The number of nitrogens with zero attached hydrogens (tertiary/aromatic N) is 4. The van der Waals surface area contributed by atoms with Gasteiger partial charge in [-0.25, -0.2) is 24.2 Å². The lowest BCUT2D eigenvalue weighted by molar-refractivity contribution is 0.100. The molecule has 0 radical (unpaired) electrons. The number of H-pyrrole nitrogens is 1. The number of fused-ring (bicyclic) bond motifs is 1. The SMILES string of the molecule is [C-]#[N+]c1cnc(N[C@H](C)c2ccc(C(N)=O)cc2)nc1-c1c[nH]c2ncc(F)cc12. The van der Waals surface area contributed by atoms with Crippen molar-refractivity contribution in [3.8, 4) is 11.3 Å².